The first-order valence-electron chi connectivity index (χ1n) is 7.54. The van der Waals surface area contributed by atoms with Crippen molar-refractivity contribution in [2.45, 2.75) is 38.8 Å². The average Bonchev–Trinajstić information content (AvgIpc) is 3.09. The molecule has 0 bridgehead atoms. The molecule has 0 radical (unpaired) electrons. The van der Waals surface area contributed by atoms with Crippen molar-refractivity contribution in [2.75, 3.05) is 0 Å². The zero-order chi connectivity index (χ0) is 14.2. The van der Waals surface area contributed by atoms with Crippen LogP contribution in [0.3, 0.4) is 0 Å². The Morgan fingerprint density at radius 1 is 1.33 bits per heavy atom. The molecule has 2 heterocycles. The number of aromatic nitrogens is 1. The van der Waals surface area contributed by atoms with Gasteiger partial charge >= 0.3 is 0 Å². The number of rotatable bonds is 5. The Labute approximate surface area is 128 Å². The number of thiazole rings is 1. The molecule has 1 saturated carbocycles. The molecule has 0 unspecified atom stereocenters. The summed E-state index contributed by atoms with van der Waals surface area (Å²) in [7, 11) is 0. The molecule has 4 heteroatoms. The highest BCUT2D eigenvalue weighted by Crippen LogP contribution is 2.33. The number of fused-ring (bicyclic) bond motifs is 1. The van der Waals surface area contributed by atoms with Crippen LogP contribution in [-0.4, -0.2) is 11.0 Å². The minimum absolute atomic E-state index is 0.728. The van der Waals surface area contributed by atoms with Gasteiger partial charge in [0.1, 0.15) is 5.58 Å². The molecule has 3 aromatic rings. The van der Waals surface area contributed by atoms with Crippen LogP contribution in [0, 0.1) is 0 Å². The highest BCUT2D eigenvalue weighted by molar-refractivity contribution is 7.15. The first-order chi connectivity index (χ1) is 10.3. The maximum Gasteiger partial charge on any atom is 0.164 e. The van der Waals surface area contributed by atoms with Crippen LogP contribution in [0.1, 0.15) is 30.3 Å². The second-order valence-electron chi connectivity index (χ2n) is 5.55. The van der Waals surface area contributed by atoms with Crippen molar-refractivity contribution < 1.29 is 4.42 Å². The van der Waals surface area contributed by atoms with E-state index >= 15 is 0 Å². The van der Waals surface area contributed by atoms with Gasteiger partial charge in [-0.3, -0.25) is 0 Å². The molecule has 0 saturated heterocycles. The second-order valence-corrected chi connectivity index (χ2v) is 6.63. The second kappa shape index (κ2) is 5.28. The Morgan fingerprint density at radius 2 is 2.19 bits per heavy atom. The standard InChI is InChI=1S/C17H18N2OS/c1-2-13-16(10-18-12-7-8-12)21-17(19-13)15-9-11-5-3-4-6-14(11)20-15/h3-6,9,12,18H,2,7-8,10H2,1H3. The quantitative estimate of drug-likeness (QED) is 0.760. The maximum absolute atomic E-state index is 5.93. The van der Waals surface area contributed by atoms with Crippen molar-refractivity contribution >= 4 is 22.3 Å². The number of aryl methyl sites for hydroxylation is 1. The fourth-order valence-electron chi connectivity index (χ4n) is 2.51. The molecule has 1 N–H and O–H groups in total. The smallest absolute Gasteiger partial charge is 0.164 e. The van der Waals surface area contributed by atoms with E-state index in [1.807, 2.05) is 18.2 Å². The average molecular weight is 298 g/mol. The lowest BCUT2D eigenvalue weighted by atomic mass is 10.2. The molecule has 2 aromatic heterocycles. The molecule has 1 fully saturated rings. The zero-order valence-electron chi connectivity index (χ0n) is 12.1. The molecule has 108 valence electrons. The van der Waals surface area contributed by atoms with E-state index < -0.39 is 0 Å². The van der Waals surface area contributed by atoms with Gasteiger partial charge in [-0.15, -0.1) is 11.3 Å². The molecular weight excluding hydrogens is 280 g/mol. The molecule has 0 spiro atoms. The van der Waals surface area contributed by atoms with Crippen molar-refractivity contribution in [1.82, 2.24) is 10.3 Å². The molecule has 0 aliphatic heterocycles. The van der Waals surface area contributed by atoms with E-state index in [9.17, 15) is 0 Å². The minimum atomic E-state index is 0.728. The lowest BCUT2D eigenvalue weighted by molar-refractivity contribution is 0.630. The van der Waals surface area contributed by atoms with Gasteiger partial charge in [0.05, 0.1) is 5.69 Å². The third kappa shape index (κ3) is 2.61. The van der Waals surface area contributed by atoms with E-state index in [0.717, 1.165) is 40.7 Å². The van der Waals surface area contributed by atoms with Gasteiger partial charge in [0, 0.05) is 22.8 Å². The van der Waals surface area contributed by atoms with Gasteiger partial charge in [-0.1, -0.05) is 25.1 Å². The normalized spacial score (nSPS) is 14.9. The number of benzene rings is 1. The van der Waals surface area contributed by atoms with Crippen LogP contribution in [-0.2, 0) is 13.0 Å². The fourth-order valence-corrected chi connectivity index (χ4v) is 3.57. The summed E-state index contributed by atoms with van der Waals surface area (Å²) in [5.41, 5.74) is 2.13. The van der Waals surface area contributed by atoms with Gasteiger partial charge in [-0.2, -0.15) is 0 Å². The molecule has 4 rings (SSSR count). The molecule has 3 nitrogen and oxygen atoms in total. The third-order valence-electron chi connectivity index (χ3n) is 3.88. The van der Waals surface area contributed by atoms with Crippen molar-refractivity contribution in [3.63, 3.8) is 0 Å². The van der Waals surface area contributed by atoms with Crippen LogP contribution in [0.4, 0.5) is 0 Å². The summed E-state index contributed by atoms with van der Waals surface area (Å²) in [5, 5.41) is 5.71. The highest BCUT2D eigenvalue weighted by Gasteiger charge is 2.22. The summed E-state index contributed by atoms with van der Waals surface area (Å²) in [5.74, 6) is 0.883. The monoisotopic (exact) mass is 298 g/mol. The first-order valence-corrected chi connectivity index (χ1v) is 8.36. The summed E-state index contributed by atoms with van der Waals surface area (Å²) in [4.78, 5) is 6.12. The number of nitrogens with zero attached hydrogens (tertiary/aromatic N) is 1. The van der Waals surface area contributed by atoms with Crippen LogP contribution < -0.4 is 5.32 Å². The fraction of sp³-hybridized carbons (Fsp3) is 0.353. The summed E-state index contributed by atoms with van der Waals surface area (Å²) >= 11 is 1.75. The summed E-state index contributed by atoms with van der Waals surface area (Å²) < 4.78 is 5.93. The summed E-state index contributed by atoms with van der Waals surface area (Å²) in [6.07, 6.45) is 3.60. The van der Waals surface area contributed by atoms with Crippen LogP contribution in [0.25, 0.3) is 21.7 Å². The third-order valence-corrected chi connectivity index (χ3v) is 4.99. The number of para-hydroxylation sites is 1. The van der Waals surface area contributed by atoms with Crippen LogP contribution in [0.5, 0.6) is 0 Å². The van der Waals surface area contributed by atoms with Crippen molar-refractivity contribution in [2.24, 2.45) is 0 Å². The van der Waals surface area contributed by atoms with Gasteiger partial charge in [0.2, 0.25) is 0 Å². The Hall–Kier alpha value is -1.65. The largest absolute Gasteiger partial charge is 0.454 e. The number of hydrogen-bond donors (Lipinski definition) is 1. The summed E-state index contributed by atoms with van der Waals surface area (Å²) in [6, 6.07) is 10.9. The first kappa shape index (κ1) is 13.0. The highest BCUT2D eigenvalue weighted by atomic mass is 32.1. The molecular formula is C17H18N2OS. The zero-order valence-corrected chi connectivity index (χ0v) is 12.9. The predicted octanol–water partition coefficient (Wildman–Crippen LogP) is 4.37. The van der Waals surface area contributed by atoms with E-state index in [0.29, 0.717) is 0 Å². The van der Waals surface area contributed by atoms with Crippen LogP contribution >= 0.6 is 11.3 Å². The molecule has 1 aromatic carbocycles. The molecule has 21 heavy (non-hydrogen) atoms. The molecule has 1 aliphatic carbocycles. The Balaban J connectivity index is 1.66. The minimum Gasteiger partial charge on any atom is -0.454 e. The van der Waals surface area contributed by atoms with Crippen LogP contribution in [0.2, 0.25) is 0 Å². The lowest BCUT2D eigenvalue weighted by Gasteiger charge is -2.00. The van der Waals surface area contributed by atoms with Gasteiger partial charge in [-0.25, -0.2) is 4.98 Å². The maximum atomic E-state index is 5.93. The number of furan rings is 1. The van der Waals surface area contributed by atoms with E-state index in [2.05, 4.69) is 24.4 Å². The van der Waals surface area contributed by atoms with Gasteiger partial charge in [0.25, 0.3) is 0 Å². The lowest BCUT2D eigenvalue weighted by Crippen LogP contribution is -2.15. The van der Waals surface area contributed by atoms with Gasteiger partial charge in [-0.05, 0) is 31.4 Å². The van der Waals surface area contributed by atoms with Gasteiger partial charge < -0.3 is 9.73 Å². The van der Waals surface area contributed by atoms with E-state index in [1.54, 1.807) is 11.3 Å². The topological polar surface area (TPSA) is 38.1 Å². The SMILES string of the molecule is CCc1nc(-c2cc3ccccc3o2)sc1CNC1CC1. The Morgan fingerprint density at radius 3 is 2.95 bits per heavy atom. The van der Waals surface area contributed by atoms with Crippen molar-refractivity contribution in [1.29, 1.82) is 0 Å². The molecule has 1 aliphatic rings. The van der Waals surface area contributed by atoms with Crippen molar-refractivity contribution in [3.05, 3.63) is 40.9 Å². The number of nitrogens with one attached hydrogen (secondary N) is 1. The van der Waals surface area contributed by atoms with E-state index in [4.69, 9.17) is 9.40 Å². The molecule has 0 amide bonds. The van der Waals surface area contributed by atoms with E-state index in [1.165, 1.54) is 23.4 Å². The number of hydrogen-bond acceptors (Lipinski definition) is 4. The molecule has 0 atom stereocenters. The van der Waals surface area contributed by atoms with E-state index in [-0.39, 0.29) is 0 Å². The predicted molar refractivity (Wildman–Crippen MR) is 86.6 cm³/mol. The van der Waals surface area contributed by atoms with Crippen molar-refractivity contribution in [3.8, 4) is 10.8 Å². The Kier molecular flexibility index (Phi) is 3.28. The summed E-state index contributed by atoms with van der Waals surface area (Å²) in [6.45, 7) is 3.10. The Bertz CT molecular complexity index is 737. The van der Waals surface area contributed by atoms with Gasteiger partial charge in [0.15, 0.2) is 10.8 Å². The van der Waals surface area contributed by atoms with Crippen LogP contribution in [0.15, 0.2) is 34.7 Å².